The van der Waals surface area contributed by atoms with Crippen molar-refractivity contribution >= 4 is 5.97 Å². The van der Waals surface area contributed by atoms with E-state index in [0.717, 1.165) is 12.8 Å². The third-order valence-electron chi connectivity index (χ3n) is 3.50. The highest BCUT2D eigenvalue weighted by atomic mass is 16.5. The summed E-state index contributed by atoms with van der Waals surface area (Å²) in [6, 6.07) is 1.53. The highest BCUT2D eigenvalue weighted by molar-refractivity contribution is 5.87. The largest absolute Gasteiger partial charge is 0.478 e. The molecule has 18 heavy (non-hydrogen) atoms. The molecule has 1 N–H and O–H groups in total. The lowest BCUT2D eigenvalue weighted by Crippen LogP contribution is -2.26. The Kier molecular flexibility index (Phi) is 4.07. The molecule has 0 aliphatic heterocycles. The second kappa shape index (κ2) is 5.57. The number of rotatable bonds is 4. The third-order valence-corrected chi connectivity index (χ3v) is 3.50. The van der Waals surface area contributed by atoms with Crippen LogP contribution in [0.3, 0.4) is 0 Å². The first kappa shape index (κ1) is 13.1. The number of carboxylic acids is 1. The molecule has 0 spiro atoms. The van der Waals surface area contributed by atoms with Gasteiger partial charge in [0.2, 0.25) is 0 Å². The van der Waals surface area contributed by atoms with E-state index in [2.05, 4.69) is 13.8 Å². The van der Waals surface area contributed by atoms with Crippen LogP contribution in [0, 0.1) is 11.8 Å². The third kappa shape index (κ3) is 3.35. The van der Waals surface area contributed by atoms with Crippen LogP contribution in [0.25, 0.3) is 0 Å². The molecule has 4 nitrogen and oxygen atoms in total. The van der Waals surface area contributed by atoms with Crippen LogP contribution >= 0.6 is 0 Å². The first-order valence-electron chi connectivity index (χ1n) is 6.47. The number of hydrogen-bond acceptors (Lipinski definition) is 3. The van der Waals surface area contributed by atoms with Crippen LogP contribution in [0.1, 0.15) is 49.2 Å². The van der Waals surface area contributed by atoms with Crippen LogP contribution in [0.4, 0.5) is 0 Å². The maximum atomic E-state index is 10.7. The van der Waals surface area contributed by atoms with E-state index in [1.807, 2.05) is 0 Å². The van der Waals surface area contributed by atoms with E-state index in [0.29, 0.717) is 24.2 Å². The molecule has 1 aliphatic rings. The van der Waals surface area contributed by atoms with E-state index in [4.69, 9.17) is 14.3 Å². The number of hydrogen-bond donors (Lipinski definition) is 1. The van der Waals surface area contributed by atoms with Gasteiger partial charge in [-0.2, -0.15) is 0 Å². The molecular formula is C14H20O4. The first-order valence-corrected chi connectivity index (χ1v) is 6.47. The van der Waals surface area contributed by atoms with Crippen LogP contribution in [-0.4, -0.2) is 17.2 Å². The van der Waals surface area contributed by atoms with Gasteiger partial charge in [0.15, 0.2) is 0 Å². The topological polar surface area (TPSA) is 59.7 Å². The van der Waals surface area contributed by atoms with Crippen molar-refractivity contribution in [1.82, 2.24) is 0 Å². The highest BCUT2D eigenvalue weighted by Crippen LogP contribution is 2.30. The van der Waals surface area contributed by atoms with Gasteiger partial charge in [0.25, 0.3) is 0 Å². The quantitative estimate of drug-likeness (QED) is 0.893. The summed E-state index contributed by atoms with van der Waals surface area (Å²) >= 11 is 0. The predicted molar refractivity (Wildman–Crippen MR) is 66.4 cm³/mol. The lowest BCUT2D eigenvalue weighted by atomic mass is 9.82. The van der Waals surface area contributed by atoms with Gasteiger partial charge < -0.3 is 14.3 Å². The van der Waals surface area contributed by atoms with E-state index in [1.165, 1.54) is 18.8 Å². The number of furan rings is 1. The fourth-order valence-corrected chi connectivity index (χ4v) is 2.78. The summed E-state index contributed by atoms with van der Waals surface area (Å²) in [4.78, 5) is 10.7. The molecule has 1 saturated carbocycles. The minimum Gasteiger partial charge on any atom is -0.478 e. The lowest BCUT2D eigenvalue weighted by molar-refractivity contribution is -0.0156. The summed E-state index contributed by atoms with van der Waals surface area (Å²) in [6.45, 7) is 4.86. The molecule has 0 aromatic carbocycles. The molecule has 0 saturated heterocycles. The SMILES string of the molecule is CC1CC(C)CC(OCc2cc(C(=O)O)co2)C1. The van der Waals surface area contributed by atoms with Gasteiger partial charge in [-0.1, -0.05) is 13.8 Å². The Labute approximate surface area is 107 Å². The summed E-state index contributed by atoms with van der Waals surface area (Å²) < 4.78 is 11.0. The minimum absolute atomic E-state index is 0.180. The molecule has 2 rings (SSSR count). The van der Waals surface area contributed by atoms with Crippen LogP contribution in [0.5, 0.6) is 0 Å². The van der Waals surface area contributed by atoms with E-state index in [1.54, 1.807) is 0 Å². The van der Waals surface area contributed by atoms with Crippen molar-refractivity contribution in [2.75, 3.05) is 0 Å². The second-order valence-corrected chi connectivity index (χ2v) is 5.46. The van der Waals surface area contributed by atoms with Gasteiger partial charge in [-0.15, -0.1) is 0 Å². The van der Waals surface area contributed by atoms with Crippen molar-refractivity contribution in [3.8, 4) is 0 Å². The molecule has 100 valence electrons. The van der Waals surface area contributed by atoms with Crippen molar-refractivity contribution in [3.63, 3.8) is 0 Å². The maximum Gasteiger partial charge on any atom is 0.338 e. The Balaban J connectivity index is 1.85. The van der Waals surface area contributed by atoms with Crippen LogP contribution in [0.2, 0.25) is 0 Å². The van der Waals surface area contributed by atoms with Gasteiger partial charge in [-0.25, -0.2) is 4.79 Å². The molecule has 0 amide bonds. The van der Waals surface area contributed by atoms with E-state index in [9.17, 15) is 4.79 Å². The van der Waals surface area contributed by atoms with Crippen LogP contribution in [0.15, 0.2) is 16.7 Å². The van der Waals surface area contributed by atoms with E-state index < -0.39 is 5.97 Å². The summed E-state index contributed by atoms with van der Waals surface area (Å²) in [5, 5.41) is 8.78. The van der Waals surface area contributed by atoms with Crippen molar-refractivity contribution in [1.29, 1.82) is 0 Å². The van der Waals surface area contributed by atoms with E-state index in [-0.39, 0.29) is 11.7 Å². The number of aromatic carboxylic acids is 1. The molecule has 1 fully saturated rings. The molecule has 1 aromatic heterocycles. The zero-order valence-electron chi connectivity index (χ0n) is 10.9. The summed E-state index contributed by atoms with van der Waals surface area (Å²) in [7, 11) is 0. The number of ether oxygens (including phenoxy) is 1. The second-order valence-electron chi connectivity index (χ2n) is 5.46. The van der Waals surface area contributed by atoms with Crippen molar-refractivity contribution in [3.05, 3.63) is 23.7 Å². The van der Waals surface area contributed by atoms with Gasteiger partial charge in [-0.05, 0) is 37.2 Å². The molecule has 0 bridgehead atoms. The standard InChI is InChI=1S/C14H20O4/c1-9-3-10(2)5-12(4-9)18-8-13-6-11(7-17-13)14(15)16/h6-7,9-10,12H,3-5,8H2,1-2H3,(H,15,16). The number of carboxylic acid groups (broad SMARTS) is 1. The Hall–Kier alpha value is -1.29. The molecule has 0 radical (unpaired) electrons. The van der Waals surface area contributed by atoms with Gasteiger partial charge >= 0.3 is 5.97 Å². The van der Waals surface area contributed by atoms with Gasteiger partial charge in [0, 0.05) is 0 Å². The zero-order chi connectivity index (χ0) is 13.1. The Morgan fingerprint density at radius 2 is 2.06 bits per heavy atom. The predicted octanol–water partition coefficient (Wildman–Crippen LogP) is 3.32. The monoisotopic (exact) mass is 252 g/mol. The van der Waals surface area contributed by atoms with Gasteiger partial charge in [-0.3, -0.25) is 0 Å². The highest BCUT2D eigenvalue weighted by Gasteiger charge is 2.24. The normalized spacial score (nSPS) is 28.2. The van der Waals surface area contributed by atoms with Crippen molar-refractivity contribution < 1.29 is 19.1 Å². The molecule has 1 aromatic rings. The number of carbonyl (C=O) groups is 1. The fraction of sp³-hybridized carbons (Fsp3) is 0.643. The summed E-state index contributed by atoms with van der Waals surface area (Å²) in [5.74, 6) is 1.01. The van der Waals surface area contributed by atoms with Crippen molar-refractivity contribution in [2.24, 2.45) is 11.8 Å². The van der Waals surface area contributed by atoms with Gasteiger partial charge in [0.05, 0.1) is 11.7 Å². The first-order chi connectivity index (χ1) is 8.54. The molecule has 1 heterocycles. The van der Waals surface area contributed by atoms with Gasteiger partial charge in [0.1, 0.15) is 18.6 Å². The smallest absolute Gasteiger partial charge is 0.338 e. The summed E-state index contributed by atoms with van der Waals surface area (Å²) in [6.07, 6.45) is 4.95. The Morgan fingerprint density at radius 1 is 1.39 bits per heavy atom. The van der Waals surface area contributed by atoms with Crippen LogP contribution in [-0.2, 0) is 11.3 Å². The van der Waals surface area contributed by atoms with Crippen molar-refractivity contribution in [2.45, 2.75) is 45.8 Å². The van der Waals surface area contributed by atoms with Crippen LogP contribution < -0.4 is 0 Å². The van der Waals surface area contributed by atoms with E-state index >= 15 is 0 Å². The fourth-order valence-electron chi connectivity index (χ4n) is 2.78. The molecule has 1 aliphatic carbocycles. The maximum absolute atomic E-state index is 10.7. The minimum atomic E-state index is -0.968. The average Bonchev–Trinajstić information content (AvgIpc) is 2.73. The molecule has 4 heteroatoms. The molecule has 2 unspecified atom stereocenters. The Morgan fingerprint density at radius 3 is 2.61 bits per heavy atom. The average molecular weight is 252 g/mol. The Bertz CT molecular complexity index is 400. The molecular weight excluding hydrogens is 232 g/mol. The lowest BCUT2D eigenvalue weighted by Gasteiger charge is -2.31. The molecule has 2 atom stereocenters. The zero-order valence-corrected chi connectivity index (χ0v) is 10.9. The summed E-state index contributed by atoms with van der Waals surface area (Å²) in [5.41, 5.74) is 0.180.